The van der Waals surface area contributed by atoms with Crippen molar-refractivity contribution in [1.82, 2.24) is 10.2 Å². The molecule has 14 heavy (non-hydrogen) atoms. The Hall–Kier alpha value is -1.10. The molecule has 0 spiro atoms. The Bertz CT molecular complexity index is 202. The van der Waals surface area contributed by atoms with Crippen LogP contribution in [-0.2, 0) is 9.59 Å². The summed E-state index contributed by atoms with van der Waals surface area (Å²) in [5.74, 6) is -1.01. The van der Waals surface area contributed by atoms with E-state index in [4.69, 9.17) is 5.11 Å². The number of hydrogen-bond donors (Lipinski definition) is 2. The van der Waals surface area contributed by atoms with Gasteiger partial charge < -0.3 is 10.0 Å². The van der Waals surface area contributed by atoms with Gasteiger partial charge in [0.25, 0.3) is 0 Å². The first-order valence-electron chi connectivity index (χ1n) is 4.76. The maximum absolute atomic E-state index is 11.4. The van der Waals surface area contributed by atoms with E-state index < -0.39 is 12.0 Å². The molecule has 5 heteroatoms. The van der Waals surface area contributed by atoms with Gasteiger partial charge in [-0.2, -0.15) is 0 Å². The average molecular weight is 202 g/mol. The van der Waals surface area contributed by atoms with Crippen molar-refractivity contribution in [2.45, 2.75) is 26.8 Å². The molecule has 0 bridgehead atoms. The Morgan fingerprint density at radius 1 is 1.36 bits per heavy atom. The van der Waals surface area contributed by atoms with Crippen molar-refractivity contribution in [2.75, 3.05) is 19.6 Å². The number of carboxylic acid groups (broad SMARTS) is 1. The van der Waals surface area contributed by atoms with Crippen LogP contribution in [-0.4, -0.2) is 47.6 Å². The summed E-state index contributed by atoms with van der Waals surface area (Å²) >= 11 is 0. The summed E-state index contributed by atoms with van der Waals surface area (Å²) in [6.45, 7) is 6.67. The maximum atomic E-state index is 11.4. The van der Waals surface area contributed by atoms with Gasteiger partial charge in [-0.25, -0.2) is 0 Å². The van der Waals surface area contributed by atoms with Crippen molar-refractivity contribution in [3.8, 4) is 0 Å². The summed E-state index contributed by atoms with van der Waals surface area (Å²) < 4.78 is 0. The second kappa shape index (κ2) is 6.37. The largest absolute Gasteiger partial charge is 0.480 e. The number of carbonyl (C=O) groups excluding carboxylic acids is 1. The molecule has 0 aliphatic carbocycles. The second-order valence-electron chi connectivity index (χ2n) is 3.01. The van der Waals surface area contributed by atoms with Crippen LogP contribution in [0.4, 0.5) is 0 Å². The molecule has 5 nitrogen and oxygen atoms in total. The van der Waals surface area contributed by atoms with Gasteiger partial charge in [0.1, 0.15) is 6.04 Å². The predicted molar refractivity (Wildman–Crippen MR) is 53.0 cm³/mol. The van der Waals surface area contributed by atoms with E-state index in [1.54, 1.807) is 4.90 Å². The van der Waals surface area contributed by atoms with E-state index in [-0.39, 0.29) is 12.5 Å². The highest BCUT2D eigenvalue weighted by atomic mass is 16.4. The maximum Gasteiger partial charge on any atom is 0.320 e. The minimum Gasteiger partial charge on any atom is -0.480 e. The van der Waals surface area contributed by atoms with E-state index in [0.29, 0.717) is 13.1 Å². The third kappa shape index (κ3) is 4.23. The minimum atomic E-state index is -0.947. The van der Waals surface area contributed by atoms with Crippen molar-refractivity contribution in [3.63, 3.8) is 0 Å². The quantitative estimate of drug-likeness (QED) is 0.632. The van der Waals surface area contributed by atoms with Crippen molar-refractivity contribution < 1.29 is 14.7 Å². The molecule has 82 valence electrons. The lowest BCUT2D eigenvalue weighted by Gasteiger charge is -2.19. The Morgan fingerprint density at radius 3 is 2.21 bits per heavy atom. The van der Waals surface area contributed by atoms with Crippen LogP contribution in [0.25, 0.3) is 0 Å². The molecule has 0 saturated carbocycles. The number of nitrogens with one attached hydrogen (secondary N) is 1. The molecule has 0 aliphatic heterocycles. The second-order valence-corrected chi connectivity index (χ2v) is 3.01. The third-order valence-electron chi connectivity index (χ3n) is 2.05. The van der Waals surface area contributed by atoms with Gasteiger partial charge in [0.15, 0.2) is 0 Å². The van der Waals surface area contributed by atoms with Crippen molar-refractivity contribution in [2.24, 2.45) is 0 Å². The fourth-order valence-electron chi connectivity index (χ4n) is 1.02. The van der Waals surface area contributed by atoms with Crippen LogP contribution in [0.15, 0.2) is 0 Å². The Balaban J connectivity index is 3.89. The zero-order chi connectivity index (χ0) is 11.1. The van der Waals surface area contributed by atoms with E-state index >= 15 is 0 Å². The van der Waals surface area contributed by atoms with Crippen LogP contribution in [0.3, 0.4) is 0 Å². The van der Waals surface area contributed by atoms with Gasteiger partial charge in [0.2, 0.25) is 5.91 Å². The highest BCUT2D eigenvalue weighted by Crippen LogP contribution is 1.88. The summed E-state index contributed by atoms with van der Waals surface area (Å²) in [4.78, 5) is 23.5. The topological polar surface area (TPSA) is 69.6 Å². The molecule has 0 aliphatic rings. The summed E-state index contributed by atoms with van der Waals surface area (Å²) in [7, 11) is 0. The predicted octanol–water partition coefficient (Wildman–Crippen LogP) is -0.0825. The van der Waals surface area contributed by atoms with E-state index in [1.165, 1.54) is 6.92 Å². The molecule has 2 N–H and O–H groups in total. The fraction of sp³-hybridized carbons (Fsp3) is 0.778. The molecule has 0 aromatic heterocycles. The lowest BCUT2D eigenvalue weighted by molar-refractivity contribution is -0.139. The van der Waals surface area contributed by atoms with Gasteiger partial charge in [-0.05, 0) is 20.8 Å². The zero-order valence-electron chi connectivity index (χ0n) is 8.91. The SMILES string of the molecule is CCN(CC)C(=O)CN[C@H](C)C(=O)O. The molecule has 0 saturated heterocycles. The molecule has 0 radical (unpaired) electrons. The van der Waals surface area contributed by atoms with Gasteiger partial charge in [-0.1, -0.05) is 0 Å². The van der Waals surface area contributed by atoms with E-state index in [2.05, 4.69) is 5.32 Å². The minimum absolute atomic E-state index is 0.0666. The Morgan fingerprint density at radius 2 is 1.86 bits per heavy atom. The summed E-state index contributed by atoms with van der Waals surface area (Å²) in [6.07, 6.45) is 0. The molecular weight excluding hydrogens is 184 g/mol. The number of rotatable bonds is 6. The molecule has 0 aromatic rings. The number of amides is 1. The first kappa shape index (κ1) is 12.9. The van der Waals surface area contributed by atoms with Gasteiger partial charge in [0.05, 0.1) is 6.54 Å². The van der Waals surface area contributed by atoms with Gasteiger partial charge in [0, 0.05) is 13.1 Å². The highest BCUT2D eigenvalue weighted by molar-refractivity contribution is 5.79. The first-order chi connectivity index (χ1) is 6.52. The van der Waals surface area contributed by atoms with Gasteiger partial charge in [-0.15, -0.1) is 0 Å². The van der Waals surface area contributed by atoms with Crippen LogP contribution in [0.5, 0.6) is 0 Å². The van der Waals surface area contributed by atoms with E-state index in [0.717, 1.165) is 0 Å². The fourth-order valence-corrected chi connectivity index (χ4v) is 1.02. The number of nitrogens with zero attached hydrogens (tertiary/aromatic N) is 1. The lowest BCUT2D eigenvalue weighted by atomic mass is 10.3. The molecule has 0 rings (SSSR count). The van der Waals surface area contributed by atoms with Gasteiger partial charge in [-0.3, -0.25) is 14.9 Å². The van der Waals surface area contributed by atoms with Crippen LogP contribution >= 0.6 is 0 Å². The molecule has 1 amide bonds. The summed E-state index contributed by atoms with van der Waals surface area (Å²) in [5.41, 5.74) is 0. The number of carboxylic acids is 1. The van der Waals surface area contributed by atoms with Crippen LogP contribution in [0, 0.1) is 0 Å². The van der Waals surface area contributed by atoms with Crippen molar-refractivity contribution >= 4 is 11.9 Å². The lowest BCUT2D eigenvalue weighted by Crippen LogP contribution is -2.43. The average Bonchev–Trinajstić information content (AvgIpc) is 2.15. The van der Waals surface area contributed by atoms with Crippen LogP contribution in [0.1, 0.15) is 20.8 Å². The molecular formula is C9H18N2O3. The molecule has 0 unspecified atom stereocenters. The number of hydrogen-bond acceptors (Lipinski definition) is 3. The zero-order valence-corrected chi connectivity index (χ0v) is 8.91. The van der Waals surface area contributed by atoms with Crippen molar-refractivity contribution in [1.29, 1.82) is 0 Å². The van der Waals surface area contributed by atoms with E-state index in [9.17, 15) is 9.59 Å². The van der Waals surface area contributed by atoms with Crippen LogP contribution in [0.2, 0.25) is 0 Å². The molecule has 0 heterocycles. The number of likely N-dealkylation sites (N-methyl/N-ethyl adjacent to an activating group) is 1. The Labute approximate surface area is 84.1 Å². The number of carbonyl (C=O) groups is 2. The van der Waals surface area contributed by atoms with Crippen molar-refractivity contribution in [3.05, 3.63) is 0 Å². The summed E-state index contributed by atoms with van der Waals surface area (Å²) in [6, 6.07) is -0.686. The highest BCUT2D eigenvalue weighted by Gasteiger charge is 2.14. The molecule has 1 atom stereocenters. The normalized spacial score (nSPS) is 12.2. The Kier molecular flexibility index (Phi) is 5.87. The van der Waals surface area contributed by atoms with Gasteiger partial charge >= 0.3 is 5.97 Å². The smallest absolute Gasteiger partial charge is 0.320 e. The summed E-state index contributed by atoms with van der Waals surface area (Å²) in [5, 5.41) is 11.2. The number of aliphatic carboxylic acids is 1. The molecule has 0 aromatic carbocycles. The first-order valence-corrected chi connectivity index (χ1v) is 4.76. The van der Waals surface area contributed by atoms with E-state index in [1.807, 2.05) is 13.8 Å². The van der Waals surface area contributed by atoms with Crippen LogP contribution < -0.4 is 5.32 Å². The third-order valence-corrected chi connectivity index (χ3v) is 2.05. The monoisotopic (exact) mass is 202 g/mol. The molecule has 0 fully saturated rings. The standard InChI is InChI=1S/C9H18N2O3/c1-4-11(5-2)8(12)6-10-7(3)9(13)14/h7,10H,4-6H2,1-3H3,(H,13,14)/t7-/m1/s1.